The molecule has 0 aromatic carbocycles. The van der Waals surface area contributed by atoms with Crippen molar-refractivity contribution in [1.82, 2.24) is 0 Å². The molecule has 0 heterocycles. The minimum absolute atomic E-state index is 0.0117. The molecule has 0 aromatic rings. The number of rotatable bonds is 2. The van der Waals surface area contributed by atoms with Gasteiger partial charge < -0.3 is 15.4 Å². The molecular formula is C9H11NO4. The van der Waals surface area contributed by atoms with Crippen LogP contribution in [0.5, 0.6) is 0 Å². The molecule has 1 aliphatic rings. The third kappa shape index (κ3) is 1.76. The molecule has 0 aromatic heterocycles. The molecular weight excluding hydrogens is 186 g/mol. The van der Waals surface area contributed by atoms with Gasteiger partial charge in [-0.05, 0) is 6.08 Å². The number of allylic oxidation sites excluding steroid dienone is 4. The zero-order valence-electron chi connectivity index (χ0n) is 7.58. The van der Waals surface area contributed by atoms with E-state index in [1.54, 1.807) is 6.08 Å². The van der Waals surface area contributed by atoms with Gasteiger partial charge in [-0.2, -0.15) is 0 Å². The van der Waals surface area contributed by atoms with Gasteiger partial charge in [0.05, 0.1) is 5.92 Å². The topological polar surface area (TPSA) is 90.1 Å². The average Bonchev–Trinajstić information content (AvgIpc) is 2.16. The Morgan fingerprint density at radius 1 is 1.64 bits per heavy atom. The molecule has 2 unspecified atom stereocenters. The summed E-state index contributed by atoms with van der Waals surface area (Å²) in [5.74, 6) is -2.54. The second-order valence-electron chi connectivity index (χ2n) is 3.07. The van der Waals surface area contributed by atoms with Crippen LogP contribution in [0.3, 0.4) is 0 Å². The zero-order valence-corrected chi connectivity index (χ0v) is 7.58. The Balaban J connectivity index is 2.96. The molecule has 76 valence electrons. The summed E-state index contributed by atoms with van der Waals surface area (Å²) >= 11 is 0. The van der Waals surface area contributed by atoms with Crippen LogP contribution >= 0.6 is 0 Å². The molecule has 14 heavy (non-hydrogen) atoms. The summed E-state index contributed by atoms with van der Waals surface area (Å²) in [5, 5.41) is 29.6. The first kappa shape index (κ1) is 10.3. The number of carboxylic acid groups (broad SMARTS) is 1. The molecule has 0 radical (unpaired) electrons. The predicted molar refractivity (Wildman–Crippen MR) is 49.4 cm³/mol. The third-order valence-corrected chi connectivity index (χ3v) is 2.19. The van der Waals surface area contributed by atoms with Gasteiger partial charge in [-0.25, -0.2) is 0 Å². The highest BCUT2D eigenvalue weighted by atomic mass is 16.4. The van der Waals surface area contributed by atoms with Crippen molar-refractivity contribution in [1.29, 1.82) is 0 Å². The second kappa shape index (κ2) is 3.95. The van der Waals surface area contributed by atoms with Gasteiger partial charge in [0, 0.05) is 5.92 Å². The van der Waals surface area contributed by atoms with Gasteiger partial charge in [0.25, 0.3) is 0 Å². The number of aliphatic carboxylic acids is 1. The van der Waals surface area contributed by atoms with Crippen LogP contribution in [0.4, 0.5) is 0 Å². The van der Waals surface area contributed by atoms with Gasteiger partial charge in [0.15, 0.2) is 0 Å². The van der Waals surface area contributed by atoms with E-state index in [0.29, 0.717) is 0 Å². The minimum Gasteiger partial charge on any atom is -0.506 e. The number of aliphatic hydroxyl groups is 1. The molecule has 5 nitrogen and oxygen atoms in total. The Hall–Kier alpha value is -1.78. The number of oxime groups is 1. The minimum atomic E-state index is -1.00. The van der Waals surface area contributed by atoms with Gasteiger partial charge in [-0.3, -0.25) is 4.79 Å². The summed E-state index contributed by atoms with van der Waals surface area (Å²) in [4.78, 5) is 10.7. The third-order valence-electron chi connectivity index (χ3n) is 2.19. The van der Waals surface area contributed by atoms with E-state index >= 15 is 0 Å². The van der Waals surface area contributed by atoms with Crippen LogP contribution in [0.25, 0.3) is 0 Å². The smallest absolute Gasteiger partial charge is 0.307 e. The van der Waals surface area contributed by atoms with E-state index in [9.17, 15) is 9.90 Å². The summed E-state index contributed by atoms with van der Waals surface area (Å²) in [7, 11) is 0. The van der Waals surface area contributed by atoms with Gasteiger partial charge in [0.2, 0.25) is 0 Å². The Labute approximate surface area is 80.7 Å². The van der Waals surface area contributed by atoms with Crippen molar-refractivity contribution in [3.05, 3.63) is 24.0 Å². The van der Waals surface area contributed by atoms with Crippen LogP contribution < -0.4 is 0 Å². The van der Waals surface area contributed by atoms with E-state index in [1.807, 2.05) is 0 Å². The highest BCUT2D eigenvalue weighted by Gasteiger charge is 2.30. The van der Waals surface area contributed by atoms with Crippen LogP contribution in [0, 0.1) is 11.8 Å². The highest BCUT2D eigenvalue weighted by Crippen LogP contribution is 2.22. The molecule has 0 bridgehead atoms. The maximum Gasteiger partial charge on any atom is 0.307 e. The normalized spacial score (nSPS) is 25.9. The van der Waals surface area contributed by atoms with Crippen molar-refractivity contribution >= 4 is 11.7 Å². The Morgan fingerprint density at radius 2 is 2.29 bits per heavy atom. The zero-order chi connectivity index (χ0) is 10.7. The van der Waals surface area contributed by atoms with E-state index in [1.165, 1.54) is 19.1 Å². The molecule has 0 amide bonds. The van der Waals surface area contributed by atoms with Gasteiger partial charge in [-0.1, -0.05) is 24.2 Å². The van der Waals surface area contributed by atoms with E-state index < -0.39 is 17.8 Å². The van der Waals surface area contributed by atoms with E-state index in [4.69, 9.17) is 10.3 Å². The maximum absolute atomic E-state index is 10.7. The molecule has 5 heteroatoms. The van der Waals surface area contributed by atoms with Crippen molar-refractivity contribution in [2.45, 2.75) is 6.92 Å². The summed E-state index contributed by atoms with van der Waals surface area (Å²) < 4.78 is 0. The number of hydrogen-bond acceptors (Lipinski definition) is 4. The summed E-state index contributed by atoms with van der Waals surface area (Å²) in [6, 6.07) is 0. The van der Waals surface area contributed by atoms with E-state index in [-0.39, 0.29) is 11.5 Å². The molecule has 1 aliphatic carbocycles. The Morgan fingerprint density at radius 3 is 2.79 bits per heavy atom. The first-order valence-electron chi connectivity index (χ1n) is 4.10. The monoisotopic (exact) mass is 197 g/mol. The highest BCUT2D eigenvalue weighted by molar-refractivity contribution is 6.03. The molecule has 1 rings (SSSR count). The van der Waals surface area contributed by atoms with Crippen LogP contribution in [0.15, 0.2) is 29.1 Å². The number of carbonyl (C=O) groups is 1. The SMILES string of the molecule is CC(C(=O)O)C1C=CC=C(O)C1=NO. The molecule has 0 fully saturated rings. The number of carboxylic acids is 1. The molecule has 2 atom stereocenters. The molecule has 0 saturated carbocycles. The number of nitrogens with zero attached hydrogens (tertiary/aromatic N) is 1. The number of hydrogen-bond donors (Lipinski definition) is 3. The standard InChI is InChI=1S/C9H11NO4/c1-5(9(12)13)6-3-2-4-7(11)8(6)10-14/h2-6,11,14H,1H3,(H,12,13). The van der Waals surface area contributed by atoms with Crippen molar-refractivity contribution in [3.8, 4) is 0 Å². The van der Waals surface area contributed by atoms with Crippen LogP contribution in [-0.4, -0.2) is 27.1 Å². The lowest BCUT2D eigenvalue weighted by Gasteiger charge is -2.19. The Bertz CT molecular complexity index is 330. The predicted octanol–water partition coefficient (Wildman–Crippen LogP) is 1.17. The largest absolute Gasteiger partial charge is 0.506 e. The van der Waals surface area contributed by atoms with Crippen molar-refractivity contribution in [2.75, 3.05) is 0 Å². The van der Waals surface area contributed by atoms with Gasteiger partial charge in [-0.15, -0.1) is 0 Å². The fourth-order valence-corrected chi connectivity index (χ4v) is 1.29. The molecule has 3 N–H and O–H groups in total. The summed E-state index contributed by atoms with van der Waals surface area (Å²) in [6.07, 6.45) is 4.46. The second-order valence-corrected chi connectivity index (χ2v) is 3.07. The summed E-state index contributed by atoms with van der Waals surface area (Å²) in [6.45, 7) is 1.49. The van der Waals surface area contributed by atoms with E-state index in [0.717, 1.165) is 0 Å². The van der Waals surface area contributed by atoms with Crippen molar-refractivity contribution in [2.24, 2.45) is 17.0 Å². The fourth-order valence-electron chi connectivity index (χ4n) is 1.29. The van der Waals surface area contributed by atoms with Crippen LogP contribution in [-0.2, 0) is 4.79 Å². The molecule has 0 aliphatic heterocycles. The fraction of sp³-hybridized carbons (Fsp3) is 0.333. The lowest BCUT2D eigenvalue weighted by molar-refractivity contribution is -0.141. The Kier molecular flexibility index (Phi) is 2.91. The van der Waals surface area contributed by atoms with Crippen LogP contribution in [0.1, 0.15) is 6.92 Å². The quantitative estimate of drug-likeness (QED) is 0.457. The summed E-state index contributed by atoms with van der Waals surface area (Å²) in [5.41, 5.74) is -0.0117. The average molecular weight is 197 g/mol. The van der Waals surface area contributed by atoms with Gasteiger partial charge in [0.1, 0.15) is 11.5 Å². The lowest BCUT2D eigenvalue weighted by Crippen LogP contribution is -2.28. The molecule has 0 saturated heterocycles. The first-order chi connectivity index (χ1) is 6.57. The van der Waals surface area contributed by atoms with Crippen molar-refractivity contribution in [3.63, 3.8) is 0 Å². The van der Waals surface area contributed by atoms with E-state index in [2.05, 4.69) is 5.16 Å². The first-order valence-corrected chi connectivity index (χ1v) is 4.10. The van der Waals surface area contributed by atoms with Crippen LogP contribution in [0.2, 0.25) is 0 Å². The lowest BCUT2D eigenvalue weighted by atomic mass is 9.86. The maximum atomic E-state index is 10.7. The number of aliphatic hydroxyl groups excluding tert-OH is 1. The molecule has 0 spiro atoms. The van der Waals surface area contributed by atoms with Crippen molar-refractivity contribution < 1.29 is 20.2 Å². The van der Waals surface area contributed by atoms with Gasteiger partial charge >= 0.3 is 5.97 Å².